The first-order valence-electron chi connectivity index (χ1n) is 7.14. The highest BCUT2D eigenvalue weighted by Gasteiger charge is 2.35. The Kier molecular flexibility index (Phi) is 3.93. The van der Waals surface area contributed by atoms with Crippen molar-refractivity contribution in [3.05, 3.63) is 42.1 Å². The van der Waals surface area contributed by atoms with Crippen LogP contribution in [0.5, 0.6) is 0 Å². The van der Waals surface area contributed by atoms with E-state index in [4.69, 9.17) is 5.84 Å². The van der Waals surface area contributed by atoms with Gasteiger partial charge < -0.3 is 0 Å². The molecule has 21 heavy (non-hydrogen) atoms. The van der Waals surface area contributed by atoms with Crippen LogP contribution in [0, 0.1) is 0 Å². The zero-order valence-electron chi connectivity index (χ0n) is 11.7. The molecule has 1 aromatic carbocycles. The van der Waals surface area contributed by atoms with E-state index in [1.807, 2.05) is 30.3 Å². The first-order chi connectivity index (χ1) is 10.1. The summed E-state index contributed by atoms with van der Waals surface area (Å²) in [6.07, 6.45) is 4.07. The van der Waals surface area contributed by atoms with Gasteiger partial charge in [-0.25, -0.2) is 8.42 Å². The summed E-state index contributed by atoms with van der Waals surface area (Å²) in [6.45, 7) is 0. The van der Waals surface area contributed by atoms with Gasteiger partial charge in [-0.1, -0.05) is 18.6 Å². The molecule has 1 fully saturated rings. The molecule has 0 radical (unpaired) electrons. The SMILES string of the molecule is NNC(c1ccc2ncccc2c1)C1CCCCS1(=O)=O. The molecule has 2 heterocycles. The quantitative estimate of drug-likeness (QED) is 0.666. The summed E-state index contributed by atoms with van der Waals surface area (Å²) in [5.74, 6) is 5.93. The number of benzene rings is 1. The maximum absolute atomic E-state index is 12.3. The Bertz CT molecular complexity index is 745. The van der Waals surface area contributed by atoms with E-state index in [1.54, 1.807) is 6.20 Å². The van der Waals surface area contributed by atoms with Crippen LogP contribution in [0.4, 0.5) is 0 Å². The summed E-state index contributed by atoms with van der Waals surface area (Å²) in [7, 11) is -3.09. The molecular weight excluding hydrogens is 286 g/mol. The van der Waals surface area contributed by atoms with E-state index in [0.717, 1.165) is 29.3 Å². The molecule has 3 N–H and O–H groups in total. The second-order valence-electron chi connectivity index (χ2n) is 5.50. The molecule has 2 atom stereocenters. The second kappa shape index (κ2) is 5.71. The standard InChI is InChI=1S/C15H19N3O2S/c16-18-15(14-5-1-2-9-21(14,19)20)12-6-7-13-11(10-12)4-3-8-17-13/h3-4,6-8,10,14-15,18H,1-2,5,9,16H2. The maximum atomic E-state index is 12.3. The normalized spacial score (nSPS) is 23.0. The van der Waals surface area contributed by atoms with Crippen molar-refractivity contribution in [3.63, 3.8) is 0 Å². The van der Waals surface area contributed by atoms with E-state index < -0.39 is 15.1 Å². The number of hydrazine groups is 1. The fraction of sp³-hybridized carbons (Fsp3) is 0.400. The molecule has 1 saturated heterocycles. The molecule has 112 valence electrons. The molecule has 1 aliphatic heterocycles. The minimum atomic E-state index is -3.09. The Labute approximate surface area is 124 Å². The van der Waals surface area contributed by atoms with E-state index >= 15 is 0 Å². The van der Waals surface area contributed by atoms with Gasteiger partial charge in [0.2, 0.25) is 0 Å². The molecule has 0 amide bonds. The van der Waals surface area contributed by atoms with Crippen LogP contribution < -0.4 is 11.3 Å². The molecule has 5 nitrogen and oxygen atoms in total. The lowest BCUT2D eigenvalue weighted by Gasteiger charge is -2.30. The largest absolute Gasteiger partial charge is 0.271 e. The molecule has 3 rings (SSSR count). The molecule has 0 saturated carbocycles. The third-order valence-corrected chi connectivity index (χ3v) is 6.45. The highest BCUT2D eigenvalue weighted by atomic mass is 32.2. The van der Waals surface area contributed by atoms with Crippen molar-refractivity contribution >= 4 is 20.7 Å². The van der Waals surface area contributed by atoms with Gasteiger partial charge in [-0.15, -0.1) is 0 Å². The number of pyridine rings is 1. The number of hydrogen-bond donors (Lipinski definition) is 2. The number of aromatic nitrogens is 1. The molecule has 0 aliphatic carbocycles. The zero-order chi connectivity index (χ0) is 14.9. The Balaban J connectivity index is 2.01. The Morgan fingerprint density at radius 3 is 2.90 bits per heavy atom. The van der Waals surface area contributed by atoms with Crippen LogP contribution in [0.1, 0.15) is 30.9 Å². The molecule has 0 bridgehead atoms. The predicted molar refractivity (Wildman–Crippen MR) is 83.2 cm³/mol. The van der Waals surface area contributed by atoms with Gasteiger partial charge in [0.05, 0.1) is 22.6 Å². The van der Waals surface area contributed by atoms with Crippen LogP contribution in [0.25, 0.3) is 10.9 Å². The minimum Gasteiger partial charge on any atom is -0.271 e. The molecule has 6 heteroatoms. The Hall–Kier alpha value is -1.50. The lowest BCUT2D eigenvalue weighted by molar-refractivity contribution is 0.454. The third kappa shape index (κ3) is 2.79. The Morgan fingerprint density at radius 2 is 2.14 bits per heavy atom. The van der Waals surface area contributed by atoms with Gasteiger partial charge in [0, 0.05) is 11.6 Å². The highest BCUT2D eigenvalue weighted by molar-refractivity contribution is 7.92. The average molecular weight is 305 g/mol. The fourth-order valence-electron chi connectivity index (χ4n) is 3.06. The summed E-state index contributed by atoms with van der Waals surface area (Å²) in [5, 5.41) is 0.536. The lowest BCUT2D eigenvalue weighted by Crippen LogP contribution is -2.43. The number of nitrogens with two attached hydrogens (primary N) is 1. The van der Waals surface area contributed by atoms with E-state index in [0.29, 0.717) is 6.42 Å². The van der Waals surface area contributed by atoms with Crippen molar-refractivity contribution in [1.82, 2.24) is 10.4 Å². The molecule has 2 aromatic rings. The fourth-order valence-corrected chi connectivity index (χ4v) is 5.14. The number of hydrogen-bond acceptors (Lipinski definition) is 5. The molecule has 2 unspecified atom stereocenters. The number of fused-ring (bicyclic) bond motifs is 1. The summed E-state index contributed by atoms with van der Waals surface area (Å²) < 4.78 is 24.6. The minimum absolute atomic E-state index is 0.255. The van der Waals surface area contributed by atoms with Gasteiger partial charge in [0.1, 0.15) is 0 Å². The second-order valence-corrected chi connectivity index (χ2v) is 7.84. The van der Waals surface area contributed by atoms with Crippen LogP contribution in [0.15, 0.2) is 36.5 Å². The van der Waals surface area contributed by atoms with E-state index in [-0.39, 0.29) is 11.8 Å². The maximum Gasteiger partial charge on any atom is 0.155 e. The molecule has 0 spiro atoms. The van der Waals surface area contributed by atoms with E-state index in [1.165, 1.54) is 0 Å². The van der Waals surface area contributed by atoms with E-state index in [2.05, 4.69) is 10.4 Å². The molecule has 1 aromatic heterocycles. The number of nitrogens with one attached hydrogen (secondary N) is 1. The van der Waals surface area contributed by atoms with Crippen molar-refractivity contribution in [2.75, 3.05) is 5.75 Å². The van der Waals surface area contributed by atoms with Crippen molar-refractivity contribution in [2.45, 2.75) is 30.6 Å². The van der Waals surface area contributed by atoms with Gasteiger partial charge >= 0.3 is 0 Å². The lowest BCUT2D eigenvalue weighted by atomic mass is 9.98. The van der Waals surface area contributed by atoms with Gasteiger partial charge in [-0.3, -0.25) is 16.3 Å². The van der Waals surface area contributed by atoms with Gasteiger partial charge in [-0.2, -0.15) is 0 Å². The third-order valence-electron chi connectivity index (χ3n) is 4.17. The van der Waals surface area contributed by atoms with Crippen molar-refractivity contribution in [2.24, 2.45) is 5.84 Å². The van der Waals surface area contributed by atoms with Crippen molar-refractivity contribution < 1.29 is 8.42 Å². The van der Waals surface area contributed by atoms with Crippen LogP contribution in [-0.2, 0) is 9.84 Å². The molecule has 1 aliphatic rings. The van der Waals surface area contributed by atoms with Gasteiger partial charge in [0.15, 0.2) is 9.84 Å². The summed E-state index contributed by atoms with van der Waals surface area (Å²) in [5.41, 5.74) is 4.50. The smallest absolute Gasteiger partial charge is 0.155 e. The highest BCUT2D eigenvalue weighted by Crippen LogP contribution is 2.31. The topological polar surface area (TPSA) is 85.1 Å². The van der Waals surface area contributed by atoms with Gasteiger partial charge in [0.25, 0.3) is 0 Å². The van der Waals surface area contributed by atoms with Gasteiger partial charge in [-0.05, 0) is 36.6 Å². The number of sulfone groups is 1. The first kappa shape index (κ1) is 14.4. The van der Waals surface area contributed by atoms with Crippen molar-refractivity contribution in [3.8, 4) is 0 Å². The van der Waals surface area contributed by atoms with E-state index in [9.17, 15) is 8.42 Å². The summed E-state index contributed by atoms with van der Waals surface area (Å²) in [6, 6.07) is 9.24. The summed E-state index contributed by atoms with van der Waals surface area (Å²) >= 11 is 0. The first-order valence-corrected chi connectivity index (χ1v) is 8.86. The van der Waals surface area contributed by atoms with Crippen molar-refractivity contribution in [1.29, 1.82) is 0 Å². The number of nitrogens with zero attached hydrogens (tertiary/aromatic N) is 1. The summed E-state index contributed by atoms with van der Waals surface area (Å²) in [4.78, 5) is 4.28. The van der Waals surface area contributed by atoms with Crippen LogP contribution in [0.2, 0.25) is 0 Å². The monoisotopic (exact) mass is 305 g/mol. The predicted octanol–water partition coefficient (Wildman–Crippen LogP) is 1.71. The van der Waals surface area contributed by atoms with Crippen LogP contribution in [-0.4, -0.2) is 24.4 Å². The number of rotatable bonds is 3. The average Bonchev–Trinajstić information content (AvgIpc) is 2.49. The molecular formula is C15H19N3O2S. The van der Waals surface area contributed by atoms with Crippen LogP contribution >= 0.6 is 0 Å². The zero-order valence-corrected chi connectivity index (χ0v) is 12.5. The van der Waals surface area contributed by atoms with Crippen LogP contribution in [0.3, 0.4) is 0 Å². The Morgan fingerprint density at radius 1 is 1.29 bits per heavy atom.